The van der Waals surface area contributed by atoms with Crippen molar-refractivity contribution in [3.63, 3.8) is 0 Å². The second-order valence-electron chi connectivity index (χ2n) is 3.94. The van der Waals surface area contributed by atoms with Crippen LogP contribution in [-0.4, -0.2) is 5.91 Å². The van der Waals surface area contributed by atoms with Gasteiger partial charge in [0.05, 0.1) is 11.4 Å². The number of nitrogens with two attached hydrogens (primary N) is 1. The minimum absolute atomic E-state index is 0.0161. The zero-order valence-corrected chi connectivity index (χ0v) is 8.87. The van der Waals surface area contributed by atoms with Crippen LogP contribution in [0.5, 0.6) is 0 Å². The predicted octanol–water partition coefficient (Wildman–Crippen LogP) is 2.31. The molecule has 0 fully saturated rings. The minimum atomic E-state index is -0.381. The monoisotopic (exact) mass is 198 g/mol. The molecule has 72 valence electrons. The fourth-order valence-corrected chi connectivity index (χ4v) is 1.39. The molecule has 3 N–H and O–H groups in total. The molecule has 0 aliphatic heterocycles. The van der Waals surface area contributed by atoms with E-state index in [1.165, 1.54) is 11.3 Å². The zero-order valence-electron chi connectivity index (χ0n) is 8.05. The van der Waals surface area contributed by atoms with Crippen LogP contribution < -0.4 is 11.1 Å². The third kappa shape index (κ3) is 2.45. The van der Waals surface area contributed by atoms with Crippen LogP contribution in [0.2, 0.25) is 0 Å². The molecule has 0 saturated carbocycles. The Labute approximate surface area is 81.9 Å². The van der Waals surface area contributed by atoms with E-state index in [0.717, 1.165) is 0 Å². The maximum Gasteiger partial charge on any atom is 0.229 e. The smallest absolute Gasteiger partial charge is 0.229 e. The summed E-state index contributed by atoms with van der Waals surface area (Å²) in [7, 11) is 0. The van der Waals surface area contributed by atoms with E-state index >= 15 is 0 Å². The van der Waals surface area contributed by atoms with Gasteiger partial charge in [-0.3, -0.25) is 4.79 Å². The molecule has 0 spiro atoms. The third-order valence-corrected chi connectivity index (χ3v) is 2.38. The first-order valence-corrected chi connectivity index (χ1v) is 4.98. The summed E-state index contributed by atoms with van der Waals surface area (Å²) in [6, 6.07) is 0. The van der Waals surface area contributed by atoms with E-state index < -0.39 is 0 Å². The lowest BCUT2D eigenvalue weighted by molar-refractivity contribution is -0.123. The fraction of sp³-hybridized carbons (Fsp3) is 0.444. The van der Waals surface area contributed by atoms with E-state index in [-0.39, 0.29) is 11.3 Å². The third-order valence-electron chi connectivity index (χ3n) is 1.62. The highest BCUT2D eigenvalue weighted by Gasteiger charge is 2.21. The highest BCUT2D eigenvalue weighted by molar-refractivity contribution is 7.09. The number of carbonyl (C=O) groups excluding carboxylic acids is 1. The van der Waals surface area contributed by atoms with Gasteiger partial charge in [0.2, 0.25) is 5.91 Å². The van der Waals surface area contributed by atoms with Gasteiger partial charge in [0.25, 0.3) is 0 Å². The number of thiophene rings is 1. The van der Waals surface area contributed by atoms with Gasteiger partial charge in [-0.25, -0.2) is 0 Å². The zero-order chi connectivity index (χ0) is 10.1. The van der Waals surface area contributed by atoms with Gasteiger partial charge in [0.1, 0.15) is 0 Å². The minimum Gasteiger partial charge on any atom is -0.396 e. The van der Waals surface area contributed by atoms with E-state index in [2.05, 4.69) is 5.32 Å². The number of carbonyl (C=O) groups is 1. The molecule has 1 heterocycles. The number of hydrogen-bond acceptors (Lipinski definition) is 3. The van der Waals surface area contributed by atoms with Gasteiger partial charge in [-0.2, -0.15) is 0 Å². The van der Waals surface area contributed by atoms with Crippen molar-refractivity contribution in [3.05, 3.63) is 10.8 Å². The summed E-state index contributed by atoms with van der Waals surface area (Å²) in [6.07, 6.45) is 0. The van der Waals surface area contributed by atoms with Crippen molar-refractivity contribution < 1.29 is 4.79 Å². The molecule has 4 heteroatoms. The number of amides is 1. The summed E-state index contributed by atoms with van der Waals surface area (Å²) in [5, 5.41) is 6.41. The van der Waals surface area contributed by atoms with Crippen molar-refractivity contribution in [2.24, 2.45) is 5.41 Å². The Kier molecular flexibility index (Phi) is 2.61. The van der Waals surface area contributed by atoms with Crippen LogP contribution in [-0.2, 0) is 4.79 Å². The van der Waals surface area contributed by atoms with Crippen molar-refractivity contribution in [2.45, 2.75) is 20.8 Å². The molecule has 0 saturated heterocycles. The van der Waals surface area contributed by atoms with Crippen LogP contribution >= 0.6 is 11.3 Å². The Morgan fingerprint density at radius 3 is 2.46 bits per heavy atom. The summed E-state index contributed by atoms with van der Waals surface area (Å²) < 4.78 is 0. The lowest BCUT2D eigenvalue weighted by atomic mass is 9.96. The summed E-state index contributed by atoms with van der Waals surface area (Å²) in [4.78, 5) is 11.5. The van der Waals surface area contributed by atoms with E-state index in [4.69, 9.17) is 5.73 Å². The van der Waals surface area contributed by atoms with Crippen LogP contribution in [0.3, 0.4) is 0 Å². The second-order valence-corrected chi connectivity index (χ2v) is 4.69. The van der Waals surface area contributed by atoms with Crippen LogP contribution in [0.15, 0.2) is 10.8 Å². The van der Waals surface area contributed by atoms with Crippen molar-refractivity contribution in [1.29, 1.82) is 0 Å². The van der Waals surface area contributed by atoms with Crippen LogP contribution in [0, 0.1) is 5.41 Å². The number of rotatable bonds is 1. The Morgan fingerprint density at radius 2 is 2.08 bits per heavy atom. The Hall–Kier alpha value is -1.03. The number of nitrogen functional groups attached to an aromatic ring is 1. The van der Waals surface area contributed by atoms with Gasteiger partial charge in [-0.05, 0) is 0 Å². The van der Waals surface area contributed by atoms with Crippen molar-refractivity contribution >= 4 is 28.6 Å². The first-order chi connectivity index (χ1) is 5.91. The molecule has 0 bridgehead atoms. The lowest BCUT2D eigenvalue weighted by Crippen LogP contribution is -2.27. The topological polar surface area (TPSA) is 55.1 Å². The molecule has 0 radical (unpaired) electrons. The van der Waals surface area contributed by atoms with Crippen LogP contribution in [0.4, 0.5) is 11.4 Å². The van der Waals surface area contributed by atoms with Crippen molar-refractivity contribution in [1.82, 2.24) is 0 Å². The van der Waals surface area contributed by atoms with Crippen molar-refractivity contribution in [3.8, 4) is 0 Å². The molecule has 1 rings (SSSR count). The molecule has 13 heavy (non-hydrogen) atoms. The Balaban J connectivity index is 2.71. The van der Waals surface area contributed by atoms with Crippen LogP contribution in [0.1, 0.15) is 20.8 Å². The van der Waals surface area contributed by atoms with Gasteiger partial charge in [0.15, 0.2) is 0 Å². The molecular formula is C9H14N2OS. The van der Waals surface area contributed by atoms with Gasteiger partial charge < -0.3 is 11.1 Å². The Morgan fingerprint density at radius 1 is 1.46 bits per heavy atom. The molecule has 1 aromatic heterocycles. The lowest BCUT2D eigenvalue weighted by Gasteiger charge is -2.17. The van der Waals surface area contributed by atoms with E-state index in [9.17, 15) is 4.79 Å². The van der Waals surface area contributed by atoms with Gasteiger partial charge in [-0.15, -0.1) is 11.3 Å². The number of hydrogen-bond donors (Lipinski definition) is 2. The highest BCUT2D eigenvalue weighted by atomic mass is 32.1. The SMILES string of the molecule is CC(C)(C)C(=O)Nc1cscc1N. The summed E-state index contributed by atoms with van der Waals surface area (Å²) in [5.41, 5.74) is 6.59. The van der Waals surface area contributed by atoms with Gasteiger partial charge in [0, 0.05) is 16.2 Å². The van der Waals surface area contributed by atoms with E-state index in [1.54, 1.807) is 5.38 Å². The molecule has 0 aromatic carbocycles. The van der Waals surface area contributed by atoms with Gasteiger partial charge >= 0.3 is 0 Å². The quantitative estimate of drug-likeness (QED) is 0.727. The summed E-state index contributed by atoms with van der Waals surface area (Å²) in [6.45, 7) is 5.60. The molecule has 0 aliphatic rings. The van der Waals surface area contributed by atoms with Crippen molar-refractivity contribution in [2.75, 3.05) is 11.1 Å². The van der Waals surface area contributed by atoms with E-state index in [1.807, 2.05) is 26.2 Å². The Bertz CT molecular complexity index is 312. The normalized spacial score (nSPS) is 11.3. The average molecular weight is 198 g/mol. The molecular weight excluding hydrogens is 184 g/mol. The molecule has 0 aliphatic carbocycles. The number of nitrogens with one attached hydrogen (secondary N) is 1. The maximum absolute atomic E-state index is 11.5. The van der Waals surface area contributed by atoms with Gasteiger partial charge in [-0.1, -0.05) is 20.8 Å². The number of anilines is 2. The summed E-state index contributed by atoms with van der Waals surface area (Å²) in [5.74, 6) is -0.0161. The first kappa shape index (κ1) is 10.1. The molecule has 3 nitrogen and oxygen atoms in total. The first-order valence-electron chi connectivity index (χ1n) is 4.04. The summed E-state index contributed by atoms with van der Waals surface area (Å²) >= 11 is 1.48. The largest absolute Gasteiger partial charge is 0.396 e. The van der Waals surface area contributed by atoms with E-state index in [0.29, 0.717) is 11.4 Å². The highest BCUT2D eigenvalue weighted by Crippen LogP contribution is 2.25. The maximum atomic E-state index is 11.5. The standard InChI is InChI=1S/C9H14N2OS/c1-9(2,3)8(12)11-7-5-13-4-6(7)10/h4-5H,10H2,1-3H3,(H,11,12). The van der Waals surface area contributed by atoms with Crippen LogP contribution in [0.25, 0.3) is 0 Å². The molecule has 0 atom stereocenters. The molecule has 1 amide bonds. The predicted molar refractivity (Wildman–Crippen MR) is 56.8 cm³/mol. The fourth-order valence-electron chi connectivity index (χ4n) is 0.718. The average Bonchev–Trinajstić information content (AvgIpc) is 2.34. The second kappa shape index (κ2) is 3.38. The molecule has 0 unspecified atom stereocenters. The molecule has 1 aromatic rings.